The van der Waals surface area contributed by atoms with E-state index < -0.39 is 5.97 Å². The molecule has 0 spiro atoms. The van der Waals surface area contributed by atoms with Gasteiger partial charge in [-0.25, -0.2) is 9.78 Å². The third kappa shape index (κ3) is 3.61. The van der Waals surface area contributed by atoms with Crippen LogP contribution in [0.3, 0.4) is 0 Å². The molecule has 0 amide bonds. The fourth-order valence-electron chi connectivity index (χ4n) is 2.32. The largest absolute Gasteiger partial charge is 0.461 e. The number of rotatable bonds is 4. The Balaban J connectivity index is 2.24. The van der Waals surface area contributed by atoms with Crippen molar-refractivity contribution in [3.8, 4) is 0 Å². The molecule has 1 aromatic heterocycles. The van der Waals surface area contributed by atoms with Crippen LogP contribution in [-0.4, -0.2) is 36.4 Å². The lowest BCUT2D eigenvalue weighted by atomic mass is 9.83. The van der Waals surface area contributed by atoms with Gasteiger partial charge >= 0.3 is 5.97 Å². The van der Waals surface area contributed by atoms with Crippen LogP contribution in [0.25, 0.3) is 0 Å². The quantitative estimate of drug-likeness (QED) is 0.631. The van der Waals surface area contributed by atoms with Crippen LogP contribution in [0.4, 0.5) is 5.13 Å². The van der Waals surface area contributed by atoms with Gasteiger partial charge in [-0.2, -0.15) is 0 Å². The molecule has 2 heterocycles. The second-order valence-electron chi connectivity index (χ2n) is 6.10. The standard InChI is InChI=1S/C15H22N2O3S/c1-5-20-13(19)11-12(10(2)18)21-14(16-11)17-8-6-15(3,4)7-9-17/h5-9H2,1-4H3. The summed E-state index contributed by atoms with van der Waals surface area (Å²) in [5, 5.41) is 0.749. The average molecular weight is 310 g/mol. The van der Waals surface area contributed by atoms with Gasteiger partial charge in [0, 0.05) is 20.0 Å². The monoisotopic (exact) mass is 310 g/mol. The molecule has 2 rings (SSSR count). The first kappa shape index (κ1) is 15.9. The Kier molecular flexibility index (Phi) is 4.66. The number of carbonyl (C=O) groups is 2. The van der Waals surface area contributed by atoms with Crippen LogP contribution >= 0.6 is 11.3 Å². The van der Waals surface area contributed by atoms with Crippen LogP contribution in [0, 0.1) is 5.41 Å². The maximum absolute atomic E-state index is 11.9. The number of Topliss-reactive ketones (excluding diaryl/α,β-unsaturated/α-hetero) is 1. The summed E-state index contributed by atoms with van der Waals surface area (Å²) in [5.41, 5.74) is 0.510. The maximum Gasteiger partial charge on any atom is 0.358 e. The smallest absolute Gasteiger partial charge is 0.358 e. The zero-order chi connectivity index (χ0) is 15.6. The Morgan fingerprint density at radius 1 is 1.33 bits per heavy atom. The Hall–Kier alpha value is -1.43. The summed E-state index contributed by atoms with van der Waals surface area (Å²) >= 11 is 1.29. The van der Waals surface area contributed by atoms with Gasteiger partial charge in [0.1, 0.15) is 4.88 Å². The highest BCUT2D eigenvalue weighted by molar-refractivity contribution is 7.17. The minimum atomic E-state index is -0.512. The summed E-state index contributed by atoms with van der Waals surface area (Å²) in [5.74, 6) is -0.651. The van der Waals surface area contributed by atoms with Crippen molar-refractivity contribution in [1.82, 2.24) is 4.98 Å². The molecule has 116 valence electrons. The lowest BCUT2D eigenvalue weighted by Gasteiger charge is -2.36. The minimum absolute atomic E-state index is 0.140. The second-order valence-corrected chi connectivity index (χ2v) is 7.08. The maximum atomic E-state index is 11.9. The second kappa shape index (κ2) is 6.13. The number of anilines is 1. The Morgan fingerprint density at radius 2 is 1.95 bits per heavy atom. The van der Waals surface area contributed by atoms with Crippen molar-refractivity contribution >= 4 is 28.2 Å². The molecule has 1 aliphatic heterocycles. The van der Waals surface area contributed by atoms with E-state index in [0.717, 1.165) is 31.1 Å². The van der Waals surface area contributed by atoms with Crippen LogP contribution in [0.1, 0.15) is 60.7 Å². The summed E-state index contributed by atoms with van der Waals surface area (Å²) in [4.78, 5) is 30.6. The van der Waals surface area contributed by atoms with E-state index in [1.807, 2.05) is 0 Å². The zero-order valence-electron chi connectivity index (χ0n) is 13.1. The van der Waals surface area contributed by atoms with Crippen molar-refractivity contribution in [1.29, 1.82) is 0 Å². The molecule has 1 saturated heterocycles. The van der Waals surface area contributed by atoms with Gasteiger partial charge in [0.05, 0.1) is 6.61 Å². The molecular formula is C15H22N2O3S. The minimum Gasteiger partial charge on any atom is -0.461 e. The topological polar surface area (TPSA) is 59.5 Å². The molecule has 1 aromatic rings. The molecule has 21 heavy (non-hydrogen) atoms. The number of piperidine rings is 1. The molecule has 0 bridgehead atoms. The number of ketones is 1. The normalized spacial score (nSPS) is 17.6. The van der Waals surface area contributed by atoms with Crippen molar-refractivity contribution in [2.45, 2.75) is 40.5 Å². The third-order valence-electron chi connectivity index (χ3n) is 3.79. The molecule has 0 unspecified atom stereocenters. The summed E-state index contributed by atoms with van der Waals surface area (Å²) in [6.07, 6.45) is 2.16. The van der Waals surface area contributed by atoms with E-state index in [0.29, 0.717) is 10.3 Å². The molecule has 0 radical (unpaired) electrons. The number of hydrogen-bond donors (Lipinski definition) is 0. The number of esters is 1. The fraction of sp³-hybridized carbons (Fsp3) is 0.667. The molecule has 0 atom stereocenters. The van der Waals surface area contributed by atoms with Crippen LogP contribution in [0.2, 0.25) is 0 Å². The van der Waals surface area contributed by atoms with Crippen LogP contribution in [0.15, 0.2) is 0 Å². The highest BCUT2D eigenvalue weighted by atomic mass is 32.1. The number of aromatic nitrogens is 1. The number of thiazole rings is 1. The zero-order valence-corrected chi connectivity index (χ0v) is 13.9. The predicted octanol–water partition coefficient (Wildman–Crippen LogP) is 3.15. The third-order valence-corrected chi connectivity index (χ3v) is 5.01. The van der Waals surface area contributed by atoms with E-state index >= 15 is 0 Å². The lowest BCUT2D eigenvalue weighted by molar-refractivity contribution is 0.0517. The first-order valence-electron chi connectivity index (χ1n) is 7.28. The number of ether oxygens (including phenoxy) is 1. The van der Waals surface area contributed by atoms with Gasteiger partial charge in [-0.3, -0.25) is 4.79 Å². The van der Waals surface area contributed by atoms with Crippen LogP contribution in [-0.2, 0) is 4.74 Å². The van der Waals surface area contributed by atoms with Crippen molar-refractivity contribution < 1.29 is 14.3 Å². The summed E-state index contributed by atoms with van der Waals surface area (Å²) < 4.78 is 4.99. The molecular weight excluding hydrogens is 288 g/mol. The van der Waals surface area contributed by atoms with Crippen LogP contribution < -0.4 is 4.90 Å². The Morgan fingerprint density at radius 3 is 2.48 bits per heavy atom. The van der Waals surface area contributed by atoms with Crippen LogP contribution in [0.5, 0.6) is 0 Å². The number of hydrogen-bond acceptors (Lipinski definition) is 6. The molecule has 5 nitrogen and oxygen atoms in total. The van der Waals surface area contributed by atoms with Crippen molar-refractivity contribution in [2.24, 2.45) is 5.41 Å². The molecule has 0 saturated carbocycles. The van der Waals surface area contributed by atoms with Gasteiger partial charge < -0.3 is 9.64 Å². The van der Waals surface area contributed by atoms with E-state index in [-0.39, 0.29) is 18.1 Å². The van der Waals surface area contributed by atoms with Gasteiger partial charge in [0.25, 0.3) is 0 Å². The molecule has 0 N–H and O–H groups in total. The number of carbonyl (C=O) groups excluding carboxylic acids is 2. The van der Waals surface area contributed by atoms with Crippen molar-refractivity contribution in [2.75, 3.05) is 24.6 Å². The predicted molar refractivity (Wildman–Crippen MR) is 83.3 cm³/mol. The molecule has 6 heteroatoms. The summed E-state index contributed by atoms with van der Waals surface area (Å²) in [6.45, 7) is 9.81. The molecule has 0 aromatic carbocycles. The summed E-state index contributed by atoms with van der Waals surface area (Å²) in [7, 11) is 0. The van der Waals surface area contributed by atoms with Crippen molar-refractivity contribution in [3.63, 3.8) is 0 Å². The van der Waals surface area contributed by atoms with E-state index in [2.05, 4.69) is 23.7 Å². The highest BCUT2D eigenvalue weighted by Crippen LogP contribution is 2.35. The van der Waals surface area contributed by atoms with E-state index in [1.165, 1.54) is 18.3 Å². The summed E-state index contributed by atoms with van der Waals surface area (Å²) in [6, 6.07) is 0. The molecule has 1 fully saturated rings. The molecule has 1 aliphatic rings. The van der Waals surface area contributed by atoms with Gasteiger partial charge in [-0.15, -0.1) is 0 Å². The Labute approximate surface area is 129 Å². The van der Waals surface area contributed by atoms with Gasteiger partial charge in [0.2, 0.25) is 0 Å². The molecule has 0 aliphatic carbocycles. The Bertz CT molecular complexity index is 541. The highest BCUT2D eigenvalue weighted by Gasteiger charge is 2.29. The first-order chi connectivity index (χ1) is 9.84. The van der Waals surface area contributed by atoms with E-state index in [4.69, 9.17) is 4.74 Å². The fourth-order valence-corrected chi connectivity index (χ4v) is 3.32. The average Bonchev–Trinajstić information content (AvgIpc) is 2.84. The van der Waals surface area contributed by atoms with Gasteiger partial charge in [-0.1, -0.05) is 25.2 Å². The first-order valence-corrected chi connectivity index (χ1v) is 8.09. The number of nitrogens with zero attached hydrogens (tertiary/aromatic N) is 2. The van der Waals surface area contributed by atoms with E-state index in [9.17, 15) is 9.59 Å². The van der Waals surface area contributed by atoms with Gasteiger partial charge in [0.15, 0.2) is 16.6 Å². The SMILES string of the molecule is CCOC(=O)c1nc(N2CCC(C)(C)CC2)sc1C(C)=O. The van der Waals surface area contributed by atoms with Gasteiger partial charge in [-0.05, 0) is 25.2 Å². The lowest BCUT2D eigenvalue weighted by Crippen LogP contribution is -2.37. The van der Waals surface area contributed by atoms with Crippen molar-refractivity contribution in [3.05, 3.63) is 10.6 Å². The van der Waals surface area contributed by atoms with E-state index in [1.54, 1.807) is 6.92 Å².